The molecule has 25 heavy (non-hydrogen) atoms. The number of anilines is 1. The lowest BCUT2D eigenvalue weighted by molar-refractivity contribution is -0.121. The third kappa shape index (κ3) is 5.85. The maximum absolute atomic E-state index is 12.0. The Morgan fingerprint density at radius 1 is 1.16 bits per heavy atom. The summed E-state index contributed by atoms with van der Waals surface area (Å²) in [5.74, 6) is 1.24. The van der Waals surface area contributed by atoms with Crippen LogP contribution >= 0.6 is 0 Å². The van der Waals surface area contributed by atoms with E-state index in [9.17, 15) is 4.79 Å². The van der Waals surface area contributed by atoms with Crippen LogP contribution in [0.2, 0.25) is 0 Å². The molecule has 0 radical (unpaired) electrons. The number of nitrogens with one attached hydrogen (secondary N) is 1. The van der Waals surface area contributed by atoms with Crippen LogP contribution < -0.4 is 10.2 Å². The van der Waals surface area contributed by atoms with Crippen molar-refractivity contribution in [1.82, 2.24) is 15.2 Å². The minimum Gasteiger partial charge on any atom is -0.356 e. The highest BCUT2D eigenvalue weighted by atomic mass is 16.1. The summed E-state index contributed by atoms with van der Waals surface area (Å²) in [5.41, 5.74) is 1.53. The van der Waals surface area contributed by atoms with E-state index in [4.69, 9.17) is 0 Å². The van der Waals surface area contributed by atoms with Crippen molar-refractivity contribution in [3.05, 3.63) is 36.0 Å². The molecule has 0 atom stereocenters. The Morgan fingerprint density at radius 3 is 2.76 bits per heavy atom. The molecule has 1 amide bonds. The van der Waals surface area contributed by atoms with Crippen molar-refractivity contribution in [2.24, 2.45) is 0 Å². The van der Waals surface area contributed by atoms with Gasteiger partial charge in [0.2, 0.25) is 5.91 Å². The molecule has 0 bridgehead atoms. The number of carbonyl (C=O) groups excluding carboxylic acids is 1. The van der Waals surface area contributed by atoms with Crippen molar-refractivity contribution in [2.75, 3.05) is 44.2 Å². The summed E-state index contributed by atoms with van der Waals surface area (Å²) >= 11 is 0. The van der Waals surface area contributed by atoms with Gasteiger partial charge in [-0.05, 0) is 44.2 Å². The smallest absolute Gasteiger partial charge is 0.221 e. The molecular formula is C20H30N4O. The fraction of sp³-hybridized carbons (Fsp3) is 0.600. The Balaban J connectivity index is 1.29. The van der Waals surface area contributed by atoms with Crippen molar-refractivity contribution >= 4 is 11.7 Å². The van der Waals surface area contributed by atoms with Crippen molar-refractivity contribution in [3.63, 3.8) is 0 Å². The Labute approximate surface area is 151 Å². The highest BCUT2D eigenvalue weighted by Crippen LogP contribution is 2.19. The van der Waals surface area contributed by atoms with Crippen LogP contribution in [-0.4, -0.2) is 55.1 Å². The number of pyridine rings is 1. The van der Waals surface area contributed by atoms with Crippen LogP contribution in [0, 0.1) is 0 Å². The maximum atomic E-state index is 12.0. The van der Waals surface area contributed by atoms with Gasteiger partial charge in [-0.25, -0.2) is 4.98 Å². The van der Waals surface area contributed by atoms with Gasteiger partial charge in [0.25, 0.3) is 0 Å². The van der Waals surface area contributed by atoms with Crippen LogP contribution in [0.3, 0.4) is 0 Å². The second-order valence-electron chi connectivity index (χ2n) is 6.97. The van der Waals surface area contributed by atoms with Gasteiger partial charge in [-0.2, -0.15) is 0 Å². The minimum atomic E-state index is 0.184. The number of aromatic nitrogens is 1. The first-order chi connectivity index (χ1) is 12.3. The Bertz CT molecular complexity index is 564. The second-order valence-corrected chi connectivity index (χ2v) is 6.97. The lowest BCUT2D eigenvalue weighted by atomic mass is 9.97. The summed E-state index contributed by atoms with van der Waals surface area (Å²) in [6.45, 7) is 5.59. The Kier molecular flexibility index (Phi) is 6.86. The SMILES string of the molecule is O=C(CCN1CCN(c2ccccn2)CC1)NCCC1=CCCCC1. The van der Waals surface area contributed by atoms with E-state index in [0.29, 0.717) is 6.42 Å². The van der Waals surface area contributed by atoms with Gasteiger partial charge in [0.05, 0.1) is 0 Å². The summed E-state index contributed by atoms with van der Waals surface area (Å²) in [7, 11) is 0. The normalized spacial score (nSPS) is 18.7. The number of carbonyl (C=O) groups is 1. The van der Waals surface area contributed by atoms with Crippen LogP contribution in [0.5, 0.6) is 0 Å². The molecule has 2 aliphatic rings. The standard InChI is InChI=1S/C20H30N4O/c25-20(22-12-9-18-6-2-1-3-7-18)10-13-23-14-16-24(17-15-23)19-8-4-5-11-21-19/h4-6,8,11H,1-3,7,9-10,12-17H2,(H,22,25). The van der Waals surface area contributed by atoms with Gasteiger partial charge < -0.3 is 10.2 Å². The molecule has 5 heteroatoms. The fourth-order valence-corrected chi connectivity index (χ4v) is 3.58. The number of hydrogen-bond donors (Lipinski definition) is 1. The molecule has 1 aliphatic carbocycles. The molecule has 0 spiro atoms. The topological polar surface area (TPSA) is 48.5 Å². The molecule has 1 fully saturated rings. The van der Waals surface area contributed by atoms with E-state index in [1.54, 1.807) is 0 Å². The van der Waals surface area contributed by atoms with Crippen molar-refractivity contribution in [2.45, 2.75) is 38.5 Å². The predicted molar refractivity (Wildman–Crippen MR) is 102 cm³/mol. The summed E-state index contributed by atoms with van der Waals surface area (Å²) in [6, 6.07) is 6.04. The third-order valence-corrected chi connectivity index (χ3v) is 5.15. The molecule has 1 N–H and O–H groups in total. The van der Waals surface area contributed by atoms with E-state index in [-0.39, 0.29) is 5.91 Å². The quantitative estimate of drug-likeness (QED) is 0.774. The van der Waals surface area contributed by atoms with Gasteiger partial charge in [-0.1, -0.05) is 17.7 Å². The molecule has 2 heterocycles. The first-order valence-electron chi connectivity index (χ1n) is 9.64. The molecule has 0 aromatic carbocycles. The van der Waals surface area contributed by atoms with E-state index in [0.717, 1.165) is 51.5 Å². The summed E-state index contributed by atoms with van der Waals surface area (Å²) in [4.78, 5) is 21.1. The van der Waals surface area contributed by atoms with E-state index in [1.807, 2.05) is 18.3 Å². The molecule has 0 saturated carbocycles. The lowest BCUT2D eigenvalue weighted by Crippen LogP contribution is -2.47. The van der Waals surface area contributed by atoms with E-state index < -0.39 is 0 Å². The van der Waals surface area contributed by atoms with Gasteiger partial charge >= 0.3 is 0 Å². The molecule has 1 aliphatic heterocycles. The van der Waals surface area contributed by atoms with Crippen LogP contribution in [-0.2, 0) is 4.79 Å². The van der Waals surface area contributed by atoms with Crippen molar-refractivity contribution in [3.8, 4) is 0 Å². The number of rotatable bonds is 7. The average Bonchev–Trinajstić information content (AvgIpc) is 2.68. The molecule has 0 unspecified atom stereocenters. The van der Waals surface area contributed by atoms with Crippen molar-refractivity contribution < 1.29 is 4.79 Å². The van der Waals surface area contributed by atoms with Crippen LogP contribution in [0.25, 0.3) is 0 Å². The highest BCUT2D eigenvalue weighted by molar-refractivity contribution is 5.76. The molecule has 3 rings (SSSR count). The molecule has 1 aromatic heterocycles. The van der Waals surface area contributed by atoms with Crippen molar-refractivity contribution in [1.29, 1.82) is 0 Å². The number of amides is 1. The fourth-order valence-electron chi connectivity index (χ4n) is 3.58. The van der Waals surface area contributed by atoms with Gasteiger partial charge in [0, 0.05) is 51.9 Å². The molecular weight excluding hydrogens is 312 g/mol. The largest absolute Gasteiger partial charge is 0.356 e. The summed E-state index contributed by atoms with van der Waals surface area (Å²) in [6.07, 6.45) is 10.9. The number of piperazine rings is 1. The van der Waals surface area contributed by atoms with Gasteiger partial charge in [0.15, 0.2) is 0 Å². The Hall–Kier alpha value is -1.88. The number of nitrogens with zero attached hydrogens (tertiary/aromatic N) is 3. The van der Waals surface area contributed by atoms with Crippen LogP contribution in [0.4, 0.5) is 5.82 Å². The lowest BCUT2D eigenvalue weighted by Gasteiger charge is -2.35. The Morgan fingerprint density at radius 2 is 2.04 bits per heavy atom. The zero-order chi connectivity index (χ0) is 17.3. The molecule has 136 valence electrons. The zero-order valence-electron chi connectivity index (χ0n) is 15.1. The van der Waals surface area contributed by atoms with Gasteiger partial charge in [0.1, 0.15) is 5.82 Å². The van der Waals surface area contributed by atoms with E-state index >= 15 is 0 Å². The zero-order valence-corrected chi connectivity index (χ0v) is 15.1. The van der Waals surface area contributed by atoms with Gasteiger partial charge in [-0.15, -0.1) is 0 Å². The predicted octanol–water partition coefficient (Wildman–Crippen LogP) is 2.60. The summed E-state index contributed by atoms with van der Waals surface area (Å²) in [5, 5.41) is 3.08. The number of allylic oxidation sites excluding steroid dienone is 1. The van der Waals surface area contributed by atoms with E-state index in [2.05, 4.69) is 32.2 Å². The molecule has 1 saturated heterocycles. The first-order valence-corrected chi connectivity index (χ1v) is 9.64. The molecule has 1 aromatic rings. The monoisotopic (exact) mass is 342 g/mol. The highest BCUT2D eigenvalue weighted by Gasteiger charge is 2.18. The minimum absolute atomic E-state index is 0.184. The second kappa shape index (κ2) is 9.56. The van der Waals surface area contributed by atoms with Gasteiger partial charge in [-0.3, -0.25) is 9.69 Å². The first kappa shape index (κ1) is 17.9. The molecule has 5 nitrogen and oxygen atoms in total. The van der Waals surface area contributed by atoms with E-state index in [1.165, 1.54) is 31.3 Å². The number of hydrogen-bond acceptors (Lipinski definition) is 4. The van der Waals surface area contributed by atoms with Crippen LogP contribution in [0.1, 0.15) is 38.5 Å². The van der Waals surface area contributed by atoms with Crippen LogP contribution in [0.15, 0.2) is 36.0 Å². The maximum Gasteiger partial charge on any atom is 0.221 e. The third-order valence-electron chi connectivity index (χ3n) is 5.15. The summed E-state index contributed by atoms with van der Waals surface area (Å²) < 4.78 is 0. The average molecular weight is 342 g/mol.